The van der Waals surface area contributed by atoms with Gasteiger partial charge in [-0.25, -0.2) is 4.39 Å². The van der Waals surface area contributed by atoms with Crippen molar-refractivity contribution in [2.75, 3.05) is 26.0 Å². The number of hydrogen-bond acceptors (Lipinski definition) is 5. The maximum absolute atomic E-state index is 14.1. The SMILES string of the molecule is CCS(=O)(=O)Oc1ccc(Cl)cc1CN(CCOC)C(=O)c1ccccc1F. The maximum Gasteiger partial charge on any atom is 0.308 e. The Kier molecular flexibility index (Phi) is 7.79. The van der Waals surface area contributed by atoms with E-state index in [0.717, 1.165) is 0 Å². The molecule has 152 valence electrons. The molecule has 9 heteroatoms. The summed E-state index contributed by atoms with van der Waals surface area (Å²) in [5, 5.41) is 0.348. The highest BCUT2D eigenvalue weighted by Crippen LogP contribution is 2.26. The van der Waals surface area contributed by atoms with Crippen LogP contribution in [0.25, 0.3) is 0 Å². The molecular weight excluding hydrogens is 409 g/mol. The summed E-state index contributed by atoms with van der Waals surface area (Å²) in [5.74, 6) is -1.35. The average Bonchev–Trinajstić information content (AvgIpc) is 2.67. The lowest BCUT2D eigenvalue weighted by atomic mass is 10.1. The van der Waals surface area contributed by atoms with E-state index >= 15 is 0 Å². The van der Waals surface area contributed by atoms with Gasteiger partial charge in [-0.3, -0.25) is 4.79 Å². The summed E-state index contributed by atoms with van der Waals surface area (Å²) in [4.78, 5) is 14.2. The van der Waals surface area contributed by atoms with Crippen molar-refractivity contribution in [2.24, 2.45) is 0 Å². The molecule has 0 saturated carbocycles. The first-order valence-electron chi connectivity index (χ1n) is 8.50. The summed E-state index contributed by atoms with van der Waals surface area (Å²) < 4.78 is 47.9. The summed E-state index contributed by atoms with van der Waals surface area (Å²) in [5.41, 5.74) is 0.287. The minimum Gasteiger partial charge on any atom is -0.383 e. The van der Waals surface area contributed by atoms with Gasteiger partial charge < -0.3 is 13.8 Å². The maximum atomic E-state index is 14.1. The van der Waals surface area contributed by atoms with Gasteiger partial charge in [0, 0.05) is 30.8 Å². The van der Waals surface area contributed by atoms with Crippen LogP contribution >= 0.6 is 11.6 Å². The molecule has 0 heterocycles. The predicted molar refractivity (Wildman–Crippen MR) is 105 cm³/mol. The van der Waals surface area contributed by atoms with Gasteiger partial charge in [-0.1, -0.05) is 23.7 Å². The smallest absolute Gasteiger partial charge is 0.308 e. The van der Waals surface area contributed by atoms with Crippen molar-refractivity contribution in [3.05, 3.63) is 64.4 Å². The molecule has 0 aromatic heterocycles. The van der Waals surface area contributed by atoms with Crippen molar-refractivity contribution in [3.8, 4) is 5.75 Å². The number of rotatable bonds is 9. The zero-order chi connectivity index (χ0) is 20.7. The van der Waals surface area contributed by atoms with Gasteiger partial charge in [-0.05, 0) is 37.3 Å². The summed E-state index contributed by atoms with van der Waals surface area (Å²) in [6, 6.07) is 10.1. The molecule has 0 aliphatic heterocycles. The highest BCUT2D eigenvalue weighted by molar-refractivity contribution is 7.87. The Bertz CT molecular complexity index is 936. The lowest BCUT2D eigenvalue weighted by Crippen LogP contribution is -2.34. The number of hydrogen-bond donors (Lipinski definition) is 0. The molecule has 2 rings (SSSR count). The molecule has 0 aliphatic carbocycles. The molecule has 1 amide bonds. The van der Waals surface area contributed by atoms with E-state index in [1.54, 1.807) is 6.07 Å². The van der Waals surface area contributed by atoms with Gasteiger partial charge in [-0.15, -0.1) is 0 Å². The number of nitrogens with zero attached hydrogens (tertiary/aromatic N) is 1. The standard InChI is InChI=1S/C19H21ClFNO5S/c1-3-28(24,25)27-18-9-8-15(20)12-14(18)13-22(10-11-26-2)19(23)16-6-4-5-7-17(16)21/h4-9,12H,3,10-11,13H2,1-2H3. The van der Waals surface area contributed by atoms with Crippen molar-refractivity contribution in [2.45, 2.75) is 13.5 Å². The van der Waals surface area contributed by atoms with E-state index in [-0.39, 0.29) is 36.8 Å². The number of amides is 1. The Morgan fingerprint density at radius 3 is 2.57 bits per heavy atom. The summed E-state index contributed by atoms with van der Waals surface area (Å²) in [6.45, 7) is 1.80. The van der Waals surface area contributed by atoms with Gasteiger partial charge >= 0.3 is 10.1 Å². The van der Waals surface area contributed by atoms with E-state index in [2.05, 4.69) is 0 Å². The molecule has 6 nitrogen and oxygen atoms in total. The minimum absolute atomic E-state index is 0.0361. The summed E-state index contributed by atoms with van der Waals surface area (Å²) in [7, 11) is -2.29. The molecule has 2 aromatic carbocycles. The van der Waals surface area contributed by atoms with E-state index in [0.29, 0.717) is 10.6 Å². The van der Waals surface area contributed by atoms with Crippen LogP contribution in [0.3, 0.4) is 0 Å². The van der Waals surface area contributed by atoms with Crippen LogP contribution < -0.4 is 4.18 Å². The number of carbonyl (C=O) groups excluding carboxylic acids is 1. The Labute approximate surface area is 168 Å². The number of methoxy groups -OCH3 is 1. The first-order valence-corrected chi connectivity index (χ1v) is 10.5. The Hall–Kier alpha value is -2.16. The highest BCUT2D eigenvalue weighted by atomic mass is 35.5. The fourth-order valence-corrected chi connectivity index (χ4v) is 3.16. The molecule has 0 bridgehead atoms. The monoisotopic (exact) mass is 429 g/mol. The molecule has 0 aliphatic rings. The lowest BCUT2D eigenvalue weighted by Gasteiger charge is -2.24. The van der Waals surface area contributed by atoms with Crippen molar-refractivity contribution < 1.29 is 26.5 Å². The number of carbonyl (C=O) groups is 1. The quantitative estimate of drug-likeness (QED) is 0.570. The Morgan fingerprint density at radius 2 is 1.93 bits per heavy atom. The second-order valence-corrected chi connectivity index (χ2v) is 8.18. The minimum atomic E-state index is -3.77. The number of halogens is 2. The first-order chi connectivity index (χ1) is 13.3. The van der Waals surface area contributed by atoms with Crippen LogP contribution in [0, 0.1) is 5.82 Å². The van der Waals surface area contributed by atoms with E-state index in [1.807, 2.05) is 0 Å². The Morgan fingerprint density at radius 1 is 1.21 bits per heavy atom. The summed E-state index contributed by atoms with van der Waals surface area (Å²) >= 11 is 6.04. The number of benzene rings is 2. The average molecular weight is 430 g/mol. The zero-order valence-electron chi connectivity index (χ0n) is 15.5. The topological polar surface area (TPSA) is 72.9 Å². The predicted octanol–water partition coefficient (Wildman–Crippen LogP) is 3.50. The fraction of sp³-hybridized carbons (Fsp3) is 0.316. The van der Waals surface area contributed by atoms with Gasteiger partial charge in [0.25, 0.3) is 5.91 Å². The van der Waals surface area contributed by atoms with Gasteiger partial charge in [0.2, 0.25) is 0 Å². The normalized spacial score (nSPS) is 11.3. The van der Waals surface area contributed by atoms with Crippen molar-refractivity contribution in [1.82, 2.24) is 4.90 Å². The third-order valence-corrected chi connectivity index (χ3v) is 5.29. The summed E-state index contributed by atoms with van der Waals surface area (Å²) in [6.07, 6.45) is 0. The molecule has 0 N–H and O–H groups in total. The van der Waals surface area contributed by atoms with Crippen LogP contribution in [0.2, 0.25) is 5.02 Å². The fourth-order valence-electron chi connectivity index (χ4n) is 2.41. The lowest BCUT2D eigenvalue weighted by molar-refractivity contribution is 0.0675. The molecule has 28 heavy (non-hydrogen) atoms. The van der Waals surface area contributed by atoms with Crippen LogP contribution in [0.1, 0.15) is 22.8 Å². The second kappa shape index (κ2) is 9.86. The third kappa shape index (κ3) is 5.92. The van der Waals surface area contributed by atoms with Crippen molar-refractivity contribution in [3.63, 3.8) is 0 Å². The molecular formula is C19H21ClFNO5S. The molecule has 0 radical (unpaired) electrons. The van der Waals surface area contributed by atoms with Gasteiger partial charge in [0.05, 0.1) is 17.9 Å². The van der Waals surface area contributed by atoms with Crippen LogP contribution in [0.5, 0.6) is 5.75 Å². The molecule has 0 saturated heterocycles. The number of ether oxygens (including phenoxy) is 1. The Balaban J connectivity index is 2.38. The van der Waals surface area contributed by atoms with Crippen LogP contribution in [-0.4, -0.2) is 45.2 Å². The van der Waals surface area contributed by atoms with E-state index in [4.69, 9.17) is 20.5 Å². The zero-order valence-corrected chi connectivity index (χ0v) is 17.1. The molecule has 0 atom stereocenters. The van der Waals surface area contributed by atoms with E-state index in [9.17, 15) is 17.6 Å². The third-order valence-electron chi connectivity index (χ3n) is 3.91. The van der Waals surface area contributed by atoms with E-state index in [1.165, 1.54) is 55.3 Å². The largest absolute Gasteiger partial charge is 0.383 e. The van der Waals surface area contributed by atoms with Crippen molar-refractivity contribution >= 4 is 27.6 Å². The van der Waals surface area contributed by atoms with Crippen molar-refractivity contribution in [1.29, 1.82) is 0 Å². The van der Waals surface area contributed by atoms with Crippen LogP contribution in [0.15, 0.2) is 42.5 Å². The molecule has 0 unspecified atom stereocenters. The van der Waals surface area contributed by atoms with Crippen LogP contribution in [-0.2, 0) is 21.4 Å². The molecule has 0 spiro atoms. The van der Waals surface area contributed by atoms with Gasteiger partial charge in [0.15, 0.2) is 0 Å². The molecule has 0 fully saturated rings. The molecule has 2 aromatic rings. The van der Waals surface area contributed by atoms with E-state index < -0.39 is 21.8 Å². The second-order valence-electron chi connectivity index (χ2n) is 5.88. The first kappa shape index (κ1) is 22.1. The van der Waals surface area contributed by atoms with Crippen LogP contribution in [0.4, 0.5) is 4.39 Å². The van der Waals surface area contributed by atoms with Gasteiger partial charge in [0.1, 0.15) is 11.6 Å². The van der Waals surface area contributed by atoms with Gasteiger partial charge in [-0.2, -0.15) is 8.42 Å². The highest BCUT2D eigenvalue weighted by Gasteiger charge is 2.22.